The van der Waals surface area contributed by atoms with Crippen LogP contribution in [-0.4, -0.2) is 34.2 Å². The van der Waals surface area contributed by atoms with Gasteiger partial charge in [0.15, 0.2) is 5.92 Å². The maximum absolute atomic E-state index is 11.4. The summed E-state index contributed by atoms with van der Waals surface area (Å²) in [4.78, 5) is 33.2. The number of aliphatic carboxylic acids is 2. The van der Waals surface area contributed by atoms with Crippen molar-refractivity contribution in [3.05, 3.63) is 12.2 Å². The van der Waals surface area contributed by atoms with Crippen LogP contribution in [0.3, 0.4) is 0 Å². The molecule has 0 rings (SSSR count). The molecular weight excluding hydrogens is 240 g/mol. The van der Waals surface area contributed by atoms with Gasteiger partial charge >= 0.3 is 17.9 Å². The number of rotatable bonds is 8. The van der Waals surface area contributed by atoms with Gasteiger partial charge < -0.3 is 14.9 Å². The van der Waals surface area contributed by atoms with Gasteiger partial charge in [-0.05, 0) is 13.3 Å². The van der Waals surface area contributed by atoms with Crippen LogP contribution in [0.1, 0.15) is 33.1 Å². The summed E-state index contributed by atoms with van der Waals surface area (Å²) >= 11 is 0. The fourth-order valence-electron chi connectivity index (χ4n) is 1.36. The standard InChI is InChI=1S/C12H18O6/c1-4-5-6-8(18-12(17)7(2)3)9(10(13)14)11(15)16/h8-9H,2,4-6H2,1,3H3,(H,13,14)(H,15,16). The molecule has 6 nitrogen and oxygen atoms in total. The minimum absolute atomic E-state index is 0.103. The average molecular weight is 258 g/mol. The number of esters is 1. The first-order valence-electron chi connectivity index (χ1n) is 5.63. The molecule has 0 aliphatic rings. The van der Waals surface area contributed by atoms with E-state index in [1.165, 1.54) is 6.92 Å². The van der Waals surface area contributed by atoms with Crippen LogP contribution in [-0.2, 0) is 19.1 Å². The molecule has 0 heterocycles. The van der Waals surface area contributed by atoms with E-state index in [9.17, 15) is 14.4 Å². The lowest BCUT2D eigenvalue weighted by molar-refractivity contribution is -0.166. The Morgan fingerprint density at radius 2 is 1.72 bits per heavy atom. The Hall–Kier alpha value is -1.85. The predicted molar refractivity (Wildman–Crippen MR) is 63.0 cm³/mol. The highest BCUT2D eigenvalue weighted by Crippen LogP contribution is 2.17. The second kappa shape index (κ2) is 7.47. The molecule has 0 aliphatic carbocycles. The number of carbonyl (C=O) groups excluding carboxylic acids is 1. The number of hydrogen-bond acceptors (Lipinski definition) is 4. The fraction of sp³-hybridized carbons (Fsp3) is 0.583. The lowest BCUT2D eigenvalue weighted by Gasteiger charge is -2.21. The first-order chi connectivity index (χ1) is 8.31. The van der Waals surface area contributed by atoms with Crippen LogP contribution >= 0.6 is 0 Å². The quantitative estimate of drug-likeness (QED) is 0.388. The minimum Gasteiger partial charge on any atom is -0.480 e. The second-order valence-corrected chi connectivity index (χ2v) is 4.02. The highest BCUT2D eigenvalue weighted by molar-refractivity contribution is 5.94. The zero-order valence-electron chi connectivity index (χ0n) is 10.5. The molecule has 1 unspecified atom stereocenters. The van der Waals surface area contributed by atoms with Gasteiger partial charge in [0.25, 0.3) is 0 Å². The van der Waals surface area contributed by atoms with Crippen LogP contribution in [0.15, 0.2) is 12.2 Å². The molecule has 0 radical (unpaired) electrons. The van der Waals surface area contributed by atoms with Gasteiger partial charge in [-0.25, -0.2) is 4.79 Å². The molecule has 0 aliphatic heterocycles. The molecule has 0 bridgehead atoms. The summed E-state index contributed by atoms with van der Waals surface area (Å²) in [6.07, 6.45) is 0.334. The van der Waals surface area contributed by atoms with Crippen molar-refractivity contribution >= 4 is 17.9 Å². The van der Waals surface area contributed by atoms with E-state index in [2.05, 4.69) is 6.58 Å². The summed E-state index contributed by atoms with van der Waals surface area (Å²) in [6.45, 7) is 6.65. The maximum Gasteiger partial charge on any atom is 0.333 e. The zero-order valence-corrected chi connectivity index (χ0v) is 10.5. The Kier molecular flexibility index (Phi) is 6.70. The highest BCUT2D eigenvalue weighted by Gasteiger charge is 2.37. The van der Waals surface area contributed by atoms with Gasteiger partial charge in [0.05, 0.1) is 0 Å². The Balaban J connectivity index is 4.94. The van der Waals surface area contributed by atoms with Gasteiger partial charge in [-0.2, -0.15) is 0 Å². The molecule has 6 heteroatoms. The molecule has 0 saturated carbocycles. The Bertz CT molecular complexity index is 332. The summed E-state index contributed by atoms with van der Waals surface area (Å²) in [6, 6.07) is 0. The third-order valence-corrected chi connectivity index (χ3v) is 2.35. The number of carboxylic acid groups (broad SMARTS) is 2. The molecule has 102 valence electrons. The van der Waals surface area contributed by atoms with Crippen molar-refractivity contribution in [1.82, 2.24) is 0 Å². The zero-order chi connectivity index (χ0) is 14.3. The maximum atomic E-state index is 11.4. The lowest BCUT2D eigenvalue weighted by Crippen LogP contribution is -2.38. The molecule has 1 atom stereocenters. The SMILES string of the molecule is C=C(C)C(=O)OC(CCCC)C(C(=O)O)C(=O)O. The van der Waals surface area contributed by atoms with Crippen molar-refractivity contribution in [3.63, 3.8) is 0 Å². The second-order valence-electron chi connectivity index (χ2n) is 4.02. The monoisotopic (exact) mass is 258 g/mol. The van der Waals surface area contributed by atoms with Crippen LogP contribution in [0.2, 0.25) is 0 Å². The molecule has 0 saturated heterocycles. The van der Waals surface area contributed by atoms with E-state index in [4.69, 9.17) is 14.9 Å². The van der Waals surface area contributed by atoms with Crippen LogP contribution in [0.4, 0.5) is 0 Å². The van der Waals surface area contributed by atoms with Crippen molar-refractivity contribution in [2.24, 2.45) is 5.92 Å². The van der Waals surface area contributed by atoms with E-state index in [0.717, 1.165) is 6.42 Å². The summed E-state index contributed by atoms with van der Waals surface area (Å²) in [5, 5.41) is 17.7. The number of carbonyl (C=O) groups is 3. The van der Waals surface area contributed by atoms with Gasteiger partial charge in [-0.1, -0.05) is 26.3 Å². The molecule has 0 spiro atoms. The van der Waals surface area contributed by atoms with Crippen molar-refractivity contribution in [2.45, 2.75) is 39.2 Å². The summed E-state index contributed by atoms with van der Waals surface area (Å²) in [5.74, 6) is -5.56. The summed E-state index contributed by atoms with van der Waals surface area (Å²) < 4.78 is 4.90. The van der Waals surface area contributed by atoms with Crippen LogP contribution in [0, 0.1) is 5.92 Å². The van der Waals surface area contributed by atoms with E-state index in [1.807, 2.05) is 6.92 Å². The molecule has 0 amide bonds. The molecule has 0 aromatic heterocycles. The topological polar surface area (TPSA) is 101 Å². The van der Waals surface area contributed by atoms with E-state index in [-0.39, 0.29) is 12.0 Å². The van der Waals surface area contributed by atoms with Crippen molar-refractivity contribution in [3.8, 4) is 0 Å². The Labute approximate surface area is 105 Å². The van der Waals surface area contributed by atoms with Crippen molar-refractivity contribution in [2.75, 3.05) is 0 Å². The van der Waals surface area contributed by atoms with Gasteiger partial charge in [0.1, 0.15) is 6.10 Å². The highest BCUT2D eigenvalue weighted by atomic mass is 16.5. The first-order valence-corrected chi connectivity index (χ1v) is 5.63. The fourth-order valence-corrected chi connectivity index (χ4v) is 1.36. The van der Waals surface area contributed by atoms with E-state index in [1.54, 1.807) is 0 Å². The van der Waals surface area contributed by atoms with Crippen LogP contribution in [0.25, 0.3) is 0 Å². The molecule has 0 aromatic carbocycles. The number of ether oxygens (including phenoxy) is 1. The predicted octanol–water partition coefficient (Wildman–Crippen LogP) is 1.45. The van der Waals surface area contributed by atoms with Gasteiger partial charge in [-0.15, -0.1) is 0 Å². The van der Waals surface area contributed by atoms with Crippen molar-refractivity contribution < 1.29 is 29.3 Å². The van der Waals surface area contributed by atoms with Gasteiger partial charge in [0.2, 0.25) is 0 Å². The smallest absolute Gasteiger partial charge is 0.333 e. The number of hydrogen-bond donors (Lipinski definition) is 2. The first kappa shape index (κ1) is 16.1. The van der Waals surface area contributed by atoms with E-state index >= 15 is 0 Å². The molecule has 0 fully saturated rings. The minimum atomic E-state index is -1.75. The lowest BCUT2D eigenvalue weighted by atomic mass is 9.97. The molecule has 18 heavy (non-hydrogen) atoms. The largest absolute Gasteiger partial charge is 0.480 e. The Morgan fingerprint density at radius 3 is 2.06 bits per heavy atom. The van der Waals surface area contributed by atoms with Crippen LogP contribution < -0.4 is 0 Å². The molecule has 0 aromatic rings. The third kappa shape index (κ3) is 4.99. The van der Waals surface area contributed by atoms with Gasteiger partial charge in [-0.3, -0.25) is 9.59 Å². The normalized spacial score (nSPS) is 11.9. The Morgan fingerprint density at radius 1 is 1.22 bits per heavy atom. The molecular formula is C12H18O6. The van der Waals surface area contributed by atoms with Crippen molar-refractivity contribution in [1.29, 1.82) is 0 Å². The van der Waals surface area contributed by atoms with E-state index in [0.29, 0.717) is 6.42 Å². The van der Waals surface area contributed by atoms with Gasteiger partial charge in [0, 0.05) is 5.57 Å². The average Bonchev–Trinajstić information content (AvgIpc) is 2.24. The summed E-state index contributed by atoms with van der Waals surface area (Å²) in [5.41, 5.74) is 0.103. The third-order valence-electron chi connectivity index (χ3n) is 2.35. The van der Waals surface area contributed by atoms with E-state index < -0.39 is 29.9 Å². The molecule has 2 N–H and O–H groups in total. The van der Waals surface area contributed by atoms with Crippen LogP contribution in [0.5, 0.6) is 0 Å². The number of unbranched alkanes of at least 4 members (excludes halogenated alkanes) is 1. The summed E-state index contributed by atoms with van der Waals surface area (Å²) in [7, 11) is 0. The number of carboxylic acids is 2.